The monoisotopic (exact) mass is 532 g/mol. The summed E-state index contributed by atoms with van der Waals surface area (Å²) in [7, 11) is 1.40. The standard InChI is InChI=1S/C31H40N4O4/c1-31(2,3)28(35(4)30(38)39)29(37)34-24(20-27(36)25(32)19-21-10-6-5-7-11-21)18-22-13-15-23(16-14-22)26-12-8-9-17-33-26/h5-17,24-25,27-28,36H,18-20,32H2,1-4H3,(H,34,37)(H,38,39)/t24-,25+,27+,28-/m1/s1. The van der Waals surface area contributed by atoms with Gasteiger partial charge in [0.25, 0.3) is 0 Å². The van der Waals surface area contributed by atoms with E-state index in [4.69, 9.17) is 5.73 Å². The average Bonchev–Trinajstić information content (AvgIpc) is 2.89. The fourth-order valence-corrected chi connectivity index (χ4v) is 4.85. The predicted molar refractivity (Wildman–Crippen MR) is 153 cm³/mol. The molecule has 4 atom stereocenters. The lowest BCUT2D eigenvalue weighted by Crippen LogP contribution is -2.56. The Labute approximate surface area is 230 Å². The number of nitrogens with two attached hydrogens (primary N) is 1. The Morgan fingerprint density at radius 2 is 1.56 bits per heavy atom. The average molecular weight is 533 g/mol. The molecule has 208 valence electrons. The number of likely N-dealkylation sites (N-methyl/N-ethyl adjacent to an activating group) is 1. The van der Waals surface area contributed by atoms with Gasteiger partial charge in [-0.05, 0) is 47.9 Å². The minimum absolute atomic E-state index is 0.218. The third kappa shape index (κ3) is 8.63. The third-order valence-electron chi connectivity index (χ3n) is 6.84. The lowest BCUT2D eigenvalue weighted by molar-refractivity contribution is -0.129. The van der Waals surface area contributed by atoms with E-state index in [1.807, 2.05) is 93.6 Å². The molecule has 0 spiro atoms. The van der Waals surface area contributed by atoms with E-state index in [1.165, 1.54) is 7.05 Å². The first-order chi connectivity index (χ1) is 18.5. The van der Waals surface area contributed by atoms with Gasteiger partial charge in [0.2, 0.25) is 5.91 Å². The normalized spacial score (nSPS) is 14.6. The number of carbonyl (C=O) groups excluding carboxylic acids is 1. The number of nitrogens with one attached hydrogen (secondary N) is 1. The van der Waals surface area contributed by atoms with Crippen molar-refractivity contribution in [3.05, 3.63) is 90.1 Å². The van der Waals surface area contributed by atoms with E-state index in [1.54, 1.807) is 6.20 Å². The number of nitrogens with zero attached hydrogens (tertiary/aromatic N) is 2. The fourth-order valence-electron chi connectivity index (χ4n) is 4.85. The van der Waals surface area contributed by atoms with Crippen LogP contribution in [0.4, 0.5) is 4.79 Å². The van der Waals surface area contributed by atoms with Crippen molar-refractivity contribution in [2.24, 2.45) is 11.1 Å². The summed E-state index contributed by atoms with van der Waals surface area (Å²) in [6.07, 6.45) is 0.833. The van der Waals surface area contributed by atoms with Crippen molar-refractivity contribution >= 4 is 12.0 Å². The molecule has 0 radical (unpaired) electrons. The minimum atomic E-state index is -1.18. The van der Waals surface area contributed by atoms with Gasteiger partial charge in [-0.25, -0.2) is 4.79 Å². The van der Waals surface area contributed by atoms with E-state index in [9.17, 15) is 19.8 Å². The first-order valence-corrected chi connectivity index (χ1v) is 13.2. The highest BCUT2D eigenvalue weighted by molar-refractivity contribution is 5.86. The summed E-state index contributed by atoms with van der Waals surface area (Å²) in [5.74, 6) is -0.411. The molecule has 0 unspecified atom stereocenters. The van der Waals surface area contributed by atoms with Crippen molar-refractivity contribution < 1.29 is 19.8 Å². The van der Waals surface area contributed by atoms with Gasteiger partial charge in [0.15, 0.2) is 0 Å². The van der Waals surface area contributed by atoms with Crippen molar-refractivity contribution in [1.82, 2.24) is 15.2 Å². The van der Waals surface area contributed by atoms with E-state index >= 15 is 0 Å². The van der Waals surface area contributed by atoms with Gasteiger partial charge in [-0.3, -0.25) is 14.7 Å². The first kappa shape index (κ1) is 29.8. The Kier molecular flexibility index (Phi) is 10.2. The molecule has 5 N–H and O–H groups in total. The van der Waals surface area contributed by atoms with Crippen LogP contribution in [0.1, 0.15) is 38.3 Å². The van der Waals surface area contributed by atoms with Crippen LogP contribution in [0, 0.1) is 5.41 Å². The van der Waals surface area contributed by atoms with Gasteiger partial charge in [-0.1, -0.05) is 81.4 Å². The molecule has 1 aromatic heterocycles. The smallest absolute Gasteiger partial charge is 0.407 e. The molecule has 3 aromatic rings. The molecule has 0 aliphatic rings. The second-order valence-electron chi connectivity index (χ2n) is 11.1. The van der Waals surface area contributed by atoms with Crippen molar-refractivity contribution in [2.75, 3.05) is 7.05 Å². The Bertz CT molecular complexity index is 1200. The van der Waals surface area contributed by atoms with Crippen LogP contribution in [0.5, 0.6) is 0 Å². The molecule has 2 amide bonds. The van der Waals surface area contributed by atoms with Crippen LogP contribution >= 0.6 is 0 Å². The molecule has 8 nitrogen and oxygen atoms in total. The van der Waals surface area contributed by atoms with Crippen LogP contribution in [-0.4, -0.2) is 63.4 Å². The van der Waals surface area contributed by atoms with E-state index in [2.05, 4.69) is 10.3 Å². The zero-order valence-corrected chi connectivity index (χ0v) is 23.1. The quantitative estimate of drug-likeness (QED) is 0.294. The van der Waals surface area contributed by atoms with Crippen LogP contribution in [0.2, 0.25) is 0 Å². The predicted octanol–water partition coefficient (Wildman–Crippen LogP) is 4.12. The van der Waals surface area contributed by atoms with Crippen molar-refractivity contribution in [3.63, 3.8) is 0 Å². The lowest BCUT2D eigenvalue weighted by atomic mass is 9.84. The molecule has 0 saturated carbocycles. The summed E-state index contributed by atoms with van der Waals surface area (Å²) in [6.45, 7) is 5.48. The molecule has 0 saturated heterocycles. The molecule has 0 bridgehead atoms. The molecule has 2 aromatic carbocycles. The van der Waals surface area contributed by atoms with Gasteiger partial charge in [0.1, 0.15) is 6.04 Å². The molecule has 0 fully saturated rings. The summed E-state index contributed by atoms with van der Waals surface area (Å²) < 4.78 is 0. The number of carboxylic acid groups (broad SMARTS) is 1. The number of benzene rings is 2. The second-order valence-corrected chi connectivity index (χ2v) is 11.1. The highest BCUT2D eigenvalue weighted by Crippen LogP contribution is 2.25. The van der Waals surface area contributed by atoms with E-state index in [0.29, 0.717) is 12.8 Å². The van der Waals surface area contributed by atoms with E-state index in [0.717, 1.165) is 27.3 Å². The summed E-state index contributed by atoms with van der Waals surface area (Å²) in [6, 6.07) is 21.4. The minimum Gasteiger partial charge on any atom is -0.465 e. The maximum absolute atomic E-state index is 13.5. The maximum atomic E-state index is 13.5. The first-order valence-electron chi connectivity index (χ1n) is 13.2. The number of aliphatic hydroxyl groups is 1. The number of rotatable bonds is 11. The Balaban J connectivity index is 1.80. The number of hydrogen-bond acceptors (Lipinski definition) is 5. The SMILES string of the molecule is CN(C(=O)O)[C@H](C(=O)N[C@H](Cc1ccc(-c2ccccn2)cc1)C[C@H](O)[C@@H](N)Cc1ccccc1)C(C)(C)C. The molecular formula is C31H40N4O4. The maximum Gasteiger partial charge on any atom is 0.407 e. The fraction of sp³-hybridized carbons (Fsp3) is 0.387. The topological polar surface area (TPSA) is 129 Å². The Morgan fingerprint density at radius 3 is 2.13 bits per heavy atom. The number of carbonyl (C=O) groups is 2. The third-order valence-corrected chi connectivity index (χ3v) is 6.84. The molecular weight excluding hydrogens is 492 g/mol. The van der Waals surface area contributed by atoms with Gasteiger partial charge in [-0.2, -0.15) is 0 Å². The van der Waals surface area contributed by atoms with Crippen LogP contribution in [0.25, 0.3) is 11.3 Å². The number of aliphatic hydroxyl groups excluding tert-OH is 1. The Morgan fingerprint density at radius 1 is 0.949 bits per heavy atom. The van der Waals surface area contributed by atoms with E-state index < -0.39 is 41.6 Å². The van der Waals surface area contributed by atoms with Gasteiger partial charge in [-0.15, -0.1) is 0 Å². The van der Waals surface area contributed by atoms with Crippen molar-refractivity contribution in [3.8, 4) is 11.3 Å². The van der Waals surface area contributed by atoms with Gasteiger partial charge in [0.05, 0.1) is 11.8 Å². The van der Waals surface area contributed by atoms with Gasteiger partial charge >= 0.3 is 6.09 Å². The summed E-state index contributed by atoms with van der Waals surface area (Å²) in [5, 5.41) is 23.7. The van der Waals surface area contributed by atoms with Crippen molar-refractivity contribution in [2.45, 2.75) is 64.3 Å². The van der Waals surface area contributed by atoms with Crippen molar-refractivity contribution in [1.29, 1.82) is 0 Å². The Hall–Kier alpha value is -3.75. The number of pyridine rings is 1. The van der Waals surface area contributed by atoms with E-state index in [-0.39, 0.29) is 6.42 Å². The van der Waals surface area contributed by atoms with Gasteiger partial charge in [0, 0.05) is 30.9 Å². The summed E-state index contributed by atoms with van der Waals surface area (Å²) >= 11 is 0. The van der Waals surface area contributed by atoms with Crippen LogP contribution in [-0.2, 0) is 17.6 Å². The largest absolute Gasteiger partial charge is 0.465 e. The number of amides is 2. The zero-order chi connectivity index (χ0) is 28.6. The molecule has 8 heteroatoms. The highest BCUT2D eigenvalue weighted by Gasteiger charge is 2.38. The molecule has 0 aliphatic heterocycles. The second kappa shape index (κ2) is 13.4. The number of aromatic nitrogens is 1. The van der Waals surface area contributed by atoms with Crippen LogP contribution in [0.15, 0.2) is 79.0 Å². The summed E-state index contributed by atoms with van der Waals surface area (Å²) in [4.78, 5) is 30.6. The van der Waals surface area contributed by atoms with Gasteiger partial charge < -0.3 is 21.3 Å². The molecule has 3 rings (SSSR count). The summed E-state index contributed by atoms with van der Waals surface area (Å²) in [5.41, 5.74) is 9.54. The van der Waals surface area contributed by atoms with Crippen LogP contribution < -0.4 is 11.1 Å². The number of hydrogen-bond donors (Lipinski definition) is 4. The van der Waals surface area contributed by atoms with Crippen LogP contribution in [0.3, 0.4) is 0 Å². The molecule has 0 aliphatic carbocycles. The lowest BCUT2D eigenvalue weighted by Gasteiger charge is -2.36. The highest BCUT2D eigenvalue weighted by atomic mass is 16.4. The molecule has 1 heterocycles. The zero-order valence-electron chi connectivity index (χ0n) is 23.1. The molecule has 39 heavy (non-hydrogen) atoms.